The SMILES string of the molecule is CN(C[C@@H](NC(=O)N[C@H](C(=O)N1C[C@H](OC(=O)N2CCc3ccccc3C2)CC1C(=O)NC(CC1CCC1)C(=O)C(N)=O)C(C)(C)C)C(C)(C)C)S(C)(=O)=O. The molecule has 55 heavy (non-hydrogen) atoms. The minimum atomic E-state index is -3.56. The number of amides is 6. The number of Topliss-reactive ketones (excluding diaryl/α,β-unsaturated/α-hetero) is 1. The van der Waals surface area contributed by atoms with Crippen LogP contribution in [0.5, 0.6) is 0 Å². The molecule has 5 N–H and O–H groups in total. The number of nitrogens with zero attached hydrogens (tertiary/aromatic N) is 3. The van der Waals surface area contributed by atoms with Crippen molar-refractivity contribution in [1.29, 1.82) is 0 Å². The molecule has 5 atom stereocenters. The maximum atomic E-state index is 14.6. The second kappa shape index (κ2) is 17.3. The van der Waals surface area contributed by atoms with Crippen molar-refractivity contribution in [3.05, 3.63) is 35.4 Å². The molecule has 3 aliphatic rings. The second-order valence-corrected chi connectivity index (χ2v) is 19.5. The first-order valence-corrected chi connectivity index (χ1v) is 20.8. The summed E-state index contributed by atoms with van der Waals surface area (Å²) in [6.07, 6.45) is 2.98. The molecular weight excluding hydrogens is 731 g/mol. The van der Waals surface area contributed by atoms with Crippen LogP contribution in [0.15, 0.2) is 24.3 Å². The van der Waals surface area contributed by atoms with Gasteiger partial charge in [-0.3, -0.25) is 19.2 Å². The molecule has 0 radical (unpaired) electrons. The minimum absolute atomic E-state index is 0.0278. The van der Waals surface area contributed by atoms with Gasteiger partial charge in [0.2, 0.25) is 27.6 Å². The normalized spacial score (nSPS) is 20.7. The number of benzene rings is 1. The van der Waals surface area contributed by atoms with Crippen molar-refractivity contribution in [3.63, 3.8) is 0 Å². The number of likely N-dealkylation sites (tertiary alicyclic amines) is 1. The summed E-state index contributed by atoms with van der Waals surface area (Å²) in [5.74, 6) is -3.35. The Morgan fingerprint density at radius 2 is 1.60 bits per heavy atom. The summed E-state index contributed by atoms with van der Waals surface area (Å²) in [5.41, 5.74) is 6.01. The number of sulfonamides is 1. The van der Waals surface area contributed by atoms with Crippen LogP contribution >= 0.6 is 0 Å². The van der Waals surface area contributed by atoms with Crippen LogP contribution in [0.2, 0.25) is 0 Å². The average molecular weight is 790 g/mol. The van der Waals surface area contributed by atoms with Gasteiger partial charge in [-0.1, -0.05) is 85.1 Å². The Morgan fingerprint density at radius 1 is 0.964 bits per heavy atom. The van der Waals surface area contributed by atoms with Crippen LogP contribution < -0.4 is 21.7 Å². The quantitative estimate of drug-likeness (QED) is 0.214. The lowest BCUT2D eigenvalue weighted by Crippen LogP contribution is -2.62. The first kappa shape index (κ1) is 43.5. The van der Waals surface area contributed by atoms with Crippen molar-refractivity contribution >= 4 is 45.7 Å². The Bertz CT molecular complexity index is 1740. The zero-order valence-electron chi connectivity index (χ0n) is 33.3. The van der Waals surface area contributed by atoms with Gasteiger partial charge in [-0.2, -0.15) is 0 Å². The number of likely N-dealkylation sites (N-methyl/N-ethyl adjacent to an activating group) is 1. The number of carbonyl (C=O) groups is 6. The molecule has 0 aromatic heterocycles. The van der Waals surface area contributed by atoms with Crippen molar-refractivity contribution in [2.24, 2.45) is 22.5 Å². The minimum Gasteiger partial charge on any atom is -0.444 e. The molecular formula is C38H59N7O9S. The molecule has 4 rings (SSSR count). The Hall–Kier alpha value is -4.25. The molecule has 16 nitrogen and oxygen atoms in total. The van der Waals surface area contributed by atoms with E-state index in [1.807, 2.05) is 45.0 Å². The van der Waals surface area contributed by atoms with E-state index in [9.17, 15) is 37.2 Å². The lowest BCUT2D eigenvalue weighted by molar-refractivity contribution is -0.143. The number of nitrogens with two attached hydrogens (primary N) is 1. The number of urea groups is 1. The molecule has 1 saturated carbocycles. The topological polar surface area (TPSA) is 218 Å². The molecule has 17 heteroatoms. The Balaban J connectivity index is 1.58. The lowest BCUT2D eigenvalue weighted by atomic mass is 9.80. The van der Waals surface area contributed by atoms with Crippen LogP contribution in [0.1, 0.15) is 84.8 Å². The third-order valence-electron chi connectivity index (χ3n) is 10.9. The summed E-state index contributed by atoms with van der Waals surface area (Å²) >= 11 is 0. The summed E-state index contributed by atoms with van der Waals surface area (Å²) in [6, 6.07) is 2.80. The summed E-state index contributed by atoms with van der Waals surface area (Å²) in [6.45, 7) is 11.3. The van der Waals surface area contributed by atoms with E-state index in [1.165, 1.54) is 11.9 Å². The van der Waals surface area contributed by atoms with E-state index >= 15 is 0 Å². The van der Waals surface area contributed by atoms with Crippen LogP contribution in [0.4, 0.5) is 9.59 Å². The molecule has 2 unspecified atom stereocenters. The predicted octanol–water partition coefficient (Wildman–Crippen LogP) is 1.90. The smallest absolute Gasteiger partial charge is 0.410 e. The maximum absolute atomic E-state index is 14.6. The van der Waals surface area contributed by atoms with E-state index in [2.05, 4.69) is 16.0 Å². The standard InChI is InChI=1S/C38H59N7O9S/c1-37(2,3)29(22-43(7)55(8,52)53)41-35(50)42-31(38(4,5)6)34(49)45-21-26(54-36(51)44-17-16-24-14-9-10-15-25(24)20-44)19-28(45)33(48)40-27(30(46)32(39)47)18-23-12-11-13-23/h9-10,14-15,23,26-29,31H,11-13,16-22H2,1-8H3,(H2,39,47)(H,40,48)(H2,41,42,50)/t26-,27?,28?,29-,31-/m1/s1. The highest BCUT2D eigenvalue weighted by atomic mass is 32.2. The van der Waals surface area contributed by atoms with Crippen molar-refractivity contribution in [3.8, 4) is 0 Å². The van der Waals surface area contributed by atoms with Gasteiger partial charge in [-0.25, -0.2) is 22.3 Å². The molecule has 306 valence electrons. The number of rotatable bonds is 13. The van der Waals surface area contributed by atoms with Gasteiger partial charge in [0, 0.05) is 39.1 Å². The van der Waals surface area contributed by atoms with Gasteiger partial charge in [-0.05, 0) is 40.7 Å². The summed E-state index contributed by atoms with van der Waals surface area (Å²) < 4.78 is 31.4. The molecule has 6 amide bonds. The van der Waals surface area contributed by atoms with E-state index in [-0.39, 0.29) is 31.8 Å². The van der Waals surface area contributed by atoms with Gasteiger partial charge in [0.15, 0.2) is 0 Å². The number of ketones is 1. The lowest BCUT2D eigenvalue weighted by Gasteiger charge is -2.37. The third kappa shape index (κ3) is 11.4. The zero-order valence-corrected chi connectivity index (χ0v) is 34.2. The fourth-order valence-corrected chi connectivity index (χ4v) is 7.47. The zero-order chi connectivity index (χ0) is 41.0. The molecule has 1 aromatic rings. The second-order valence-electron chi connectivity index (χ2n) is 17.4. The Labute approximate surface area is 324 Å². The van der Waals surface area contributed by atoms with Crippen molar-refractivity contribution in [2.75, 3.05) is 32.9 Å². The van der Waals surface area contributed by atoms with Crippen molar-refractivity contribution in [2.45, 2.75) is 117 Å². The number of ether oxygens (including phenoxy) is 1. The van der Waals surface area contributed by atoms with Crippen molar-refractivity contribution < 1.29 is 41.9 Å². The fourth-order valence-electron chi connectivity index (χ4n) is 7.05. The van der Waals surface area contributed by atoms with Crippen LogP contribution in [-0.2, 0) is 46.9 Å². The third-order valence-corrected chi connectivity index (χ3v) is 12.2. The highest BCUT2D eigenvalue weighted by Crippen LogP contribution is 2.32. The molecule has 1 aromatic carbocycles. The number of primary amides is 1. The van der Waals surface area contributed by atoms with E-state index in [4.69, 9.17) is 10.5 Å². The van der Waals surface area contributed by atoms with Crippen LogP contribution in [-0.4, -0.2) is 121 Å². The van der Waals surface area contributed by atoms with Crippen LogP contribution in [0.25, 0.3) is 0 Å². The molecule has 2 heterocycles. The highest BCUT2D eigenvalue weighted by Gasteiger charge is 2.47. The van der Waals surface area contributed by atoms with Gasteiger partial charge in [0.1, 0.15) is 18.2 Å². The van der Waals surface area contributed by atoms with Gasteiger partial charge >= 0.3 is 12.1 Å². The molecule has 2 fully saturated rings. The van der Waals surface area contributed by atoms with Crippen LogP contribution in [0.3, 0.4) is 0 Å². The highest BCUT2D eigenvalue weighted by molar-refractivity contribution is 7.88. The van der Waals surface area contributed by atoms with Gasteiger partial charge in [0.05, 0.1) is 18.8 Å². The van der Waals surface area contributed by atoms with E-state index in [0.717, 1.165) is 41.0 Å². The average Bonchev–Trinajstić information content (AvgIpc) is 3.49. The van der Waals surface area contributed by atoms with Gasteiger partial charge < -0.3 is 36.2 Å². The predicted molar refractivity (Wildman–Crippen MR) is 205 cm³/mol. The van der Waals surface area contributed by atoms with Crippen molar-refractivity contribution in [1.82, 2.24) is 30.1 Å². The first-order valence-electron chi connectivity index (χ1n) is 18.9. The van der Waals surface area contributed by atoms with Crippen LogP contribution in [0, 0.1) is 16.7 Å². The van der Waals surface area contributed by atoms with E-state index < -0.39 is 86.8 Å². The molecule has 0 bridgehead atoms. The number of hydrogen-bond acceptors (Lipinski definition) is 9. The molecule has 1 aliphatic carbocycles. The molecule has 2 aliphatic heterocycles. The number of carbonyl (C=O) groups excluding carboxylic acids is 6. The Morgan fingerprint density at radius 3 is 2.15 bits per heavy atom. The Kier molecular flexibility index (Phi) is 13.6. The van der Waals surface area contributed by atoms with Gasteiger partial charge in [-0.15, -0.1) is 0 Å². The fraction of sp³-hybridized carbons (Fsp3) is 0.684. The summed E-state index contributed by atoms with van der Waals surface area (Å²) in [5, 5.41) is 8.28. The summed E-state index contributed by atoms with van der Waals surface area (Å²) in [7, 11) is -2.15. The first-order chi connectivity index (χ1) is 25.4. The largest absolute Gasteiger partial charge is 0.444 e. The maximum Gasteiger partial charge on any atom is 0.410 e. The number of fused-ring (bicyclic) bond motifs is 1. The van der Waals surface area contributed by atoms with Gasteiger partial charge in [0.25, 0.3) is 5.91 Å². The summed E-state index contributed by atoms with van der Waals surface area (Å²) in [4.78, 5) is 83.4. The van der Waals surface area contributed by atoms with E-state index in [0.29, 0.717) is 19.5 Å². The number of nitrogens with one attached hydrogen (secondary N) is 3. The monoisotopic (exact) mass is 789 g/mol. The van der Waals surface area contributed by atoms with E-state index in [1.54, 1.807) is 25.7 Å². The number of hydrogen-bond donors (Lipinski definition) is 4. The molecule has 0 spiro atoms. The molecule has 1 saturated heterocycles.